The van der Waals surface area contributed by atoms with Crippen molar-refractivity contribution in [2.45, 2.75) is 20.0 Å². The molecule has 0 saturated carbocycles. The number of carbonyl (C=O) groups excluding carboxylic acids is 1. The van der Waals surface area contributed by atoms with E-state index in [9.17, 15) is 69.7 Å². The van der Waals surface area contributed by atoms with E-state index in [4.69, 9.17) is 110 Å². The Balaban J connectivity index is 0.000000187. The fourth-order valence-corrected chi connectivity index (χ4v) is 10.2. The zero-order chi connectivity index (χ0) is 64.2. The lowest BCUT2D eigenvalue weighted by molar-refractivity contribution is -0.383. The van der Waals surface area contributed by atoms with Crippen molar-refractivity contribution in [2.24, 2.45) is 5.16 Å². The highest BCUT2D eigenvalue weighted by Gasteiger charge is 2.28. The number of aromatic nitrogens is 3. The molecule has 34 heteroatoms. The zero-order valence-electron chi connectivity index (χ0n) is 43.3. The molecule has 0 fully saturated rings. The first kappa shape index (κ1) is 65.8. The number of carboxylic acids is 1. The summed E-state index contributed by atoms with van der Waals surface area (Å²) in [5.41, 5.74) is -3.88. The fourth-order valence-electron chi connectivity index (χ4n) is 8.26. The van der Waals surface area contributed by atoms with Gasteiger partial charge < -0.3 is 51.4 Å². The van der Waals surface area contributed by atoms with E-state index in [0.717, 1.165) is 18.2 Å². The maximum atomic E-state index is 13.2. The second-order valence-electron chi connectivity index (χ2n) is 17.7. The Hall–Kier alpha value is -8.73. The van der Waals surface area contributed by atoms with Crippen LogP contribution < -0.4 is 32.2 Å². The molecule has 6 aromatic carbocycles. The number of anilines is 6. The maximum absolute atomic E-state index is 13.2. The number of rotatable bonds is 14. The van der Waals surface area contributed by atoms with E-state index < -0.39 is 82.7 Å². The Morgan fingerprint density at radius 2 is 0.862 bits per heavy atom. The number of aromatic amines is 3. The van der Waals surface area contributed by atoms with Crippen LogP contribution in [-0.4, -0.2) is 67.7 Å². The first-order valence-corrected chi connectivity index (χ1v) is 27.2. The number of nitrogens with zero attached hydrogens (tertiary/aromatic N) is 4. The third-order valence-corrected chi connectivity index (χ3v) is 14.7. The largest absolute Gasteiger partial charge is 0.507 e. The zero-order valence-corrected chi connectivity index (χ0v) is 50.1. The number of halogens is 9. The number of pyridine rings is 3. The average molecular weight is 1370 g/mol. The van der Waals surface area contributed by atoms with Crippen molar-refractivity contribution in [2.75, 3.05) is 16.0 Å². The standard InChI is InChI=1S/C19H10Cl3N3O7.C17H11Cl3N4O4.C17H12Cl3N3O4/c20-7-1-3-10(9(22)5-7)23-18-15(12(26)6-13(27)19(29)30)17(28)14-11(25(31)32)4-2-8(21)16(14)24-18;1-7(23-26)13-16(25)14-12(24(27)28)5-3-9(19)15(14)22-17(13)21-11-4-2-8(18)6-10(11)20;1-7(24)13-16(25)14-12(23(26)27)5-3-9(19)15(14)22-17(13)21-11-4-2-8(18)6-10(11)20/h1-6,26H,(H,29,30)(H2,23,24,28);2-6,26H,1H3,(H2,21,22,25);2-7,24H,1H3,(H2,21,22,25). The fraction of sp³-hybridized carbons (Fsp3) is 0.0566. The Kier molecular flexibility index (Phi) is 20.7. The van der Waals surface area contributed by atoms with Crippen molar-refractivity contribution in [3.63, 3.8) is 0 Å². The van der Waals surface area contributed by atoms with E-state index in [0.29, 0.717) is 32.5 Å². The minimum atomic E-state index is -1.89. The molecule has 9 rings (SSSR count). The predicted octanol–water partition coefficient (Wildman–Crippen LogP) is 15.2. The number of hydrogen-bond donors (Lipinski definition) is 10. The maximum Gasteiger partial charge on any atom is 0.376 e. The molecule has 0 spiro atoms. The molecule has 448 valence electrons. The molecule has 1 atom stereocenters. The number of fused-ring (bicyclic) bond motifs is 3. The number of nitro groups is 3. The summed E-state index contributed by atoms with van der Waals surface area (Å²) in [6.45, 7) is 2.75. The summed E-state index contributed by atoms with van der Waals surface area (Å²) < 4.78 is 0. The van der Waals surface area contributed by atoms with E-state index in [2.05, 4.69) is 36.1 Å². The van der Waals surface area contributed by atoms with Gasteiger partial charge in [0.05, 0.1) is 101 Å². The summed E-state index contributed by atoms with van der Waals surface area (Å²) in [6.07, 6.45) is -0.922. The third kappa shape index (κ3) is 14.3. The topological polar surface area (TPSA) is 392 Å². The van der Waals surface area contributed by atoms with E-state index in [1.54, 1.807) is 24.3 Å². The number of carbonyl (C=O) groups is 2. The summed E-state index contributed by atoms with van der Waals surface area (Å²) >= 11 is 54.5. The molecule has 9 aromatic rings. The van der Waals surface area contributed by atoms with Crippen LogP contribution in [0.3, 0.4) is 0 Å². The molecule has 0 aliphatic heterocycles. The van der Waals surface area contributed by atoms with Gasteiger partial charge in [0.1, 0.15) is 44.9 Å². The van der Waals surface area contributed by atoms with Crippen LogP contribution in [0.25, 0.3) is 38.5 Å². The summed E-state index contributed by atoms with van der Waals surface area (Å²) in [5.74, 6) is -4.52. The molecule has 0 aliphatic carbocycles. The smallest absolute Gasteiger partial charge is 0.376 e. The molecular weight excluding hydrogens is 1340 g/mol. The molecular formula is C53H33Cl9N10O15. The SMILES string of the molecule is CC(=NO)c1c(Nc2ccc(Cl)cc2Cl)[nH]c2c(Cl)ccc([N+](=O)[O-])c2c1=O.CC(O)c1c(Nc2ccc(Cl)cc2Cl)[nH]c2c(Cl)ccc([N+](=O)[O-])c2c1=O.O=C(O)C(=O)C=C(O)c1c(Nc2ccc(Cl)cc2Cl)[nH]c2c(Cl)ccc([N+](=O)[O-])c2c1=O. The molecule has 25 nitrogen and oxygen atoms in total. The number of non-ortho nitro benzene ring substituents is 3. The van der Waals surface area contributed by atoms with E-state index in [-0.39, 0.29) is 97.4 Å². The van der Waals surface area contributed by atoms with Gasteiger partial charge in [-0.3, -0.25) is 49.5 Å². The highest BCUT2D eigenvalue weighted by Crippen LogP contribution is 2.38. The van der Waals surface area contributed by atoms with Crippen molar-refractivity contribution < 1.29 is 44.9 Å². The highest BCUT2D eigenvalue weighted by atomic mass is 35.5. The number of nitrogens with one attached hydrogen (secondary N) is 6. The van der Waals surface area contributed by atoms with Gasteiger partial charge in [-0.05, 0) is 86.6 Å². The van der Waals surface area contributed by atoms with Gasteiger partial charge in [-0.15, -0.1) is 0 Å². The number of aliphatic carboxylic acids is 1. The summed E-state index contributed by atoms with van der Waals surface area (Å²) in [7, 11) is 0. The lowest BCUT2D eigenvalue weighted by Gasteiger charge is -2.16. The molecule has 10 N–H and O–H groups in total. The van der Waals surface area contributed by atoms with E-state index >= 15 is 0 Å². The number of hydrogen-bond acceptors (Lipinski definition) is 18. The first-order chi connectivity index (χ1) is 40.9. The Morgan fingerprint density at radius 3 is 1.20 bits per heavy atom. The van der Waals surface area contributed by atoms with Crippen molar-refractivity contribution >= 4 is 212 Å². The third-order valence-electron chi connectivity index (χ3n) is 12.1. The highest BCUT2D eigenvalue weighted by molar-refractivity contribution is 6.40. The molecule has 0 radical (unpaired) electrons. The van der Waals surface area contributed by atoms with Crippen molar-refractivity contribution in [1.82, 2.24) is 15.0 Å². The Labute approximate surface area is 529 Å². The number of ketones is 1. The van der Waals surface area contributed by atoms with Crippen LogP contribution in [0.15, 0.2) is 117 Å². The molecule has 87 heavy (non-hydrogen) atoms. The first-order valence-electron chi connectivity index (χ1n) is 23.8. The average Bonchev–Trinajstić information content (AvgIpc) is 1.06. The van der Waals surface area contributed by atoms with Crippen LogP contribution in [0.4, 0.5) is 51.6 Å². The van der Waals surface area contributed by atoms with Crippen LogP contribution in [0, 0.1) is 30.3 Å². The predicted molar refractivity (Wildman–Crippen MR) is 336 cm³/mol. The van der Waals surface area contributed by atoms with Gasteiger partial charge >= 0.3 is 5.97 Å². The van der Waals surface area contributed by atoms with Crippen LogP contribution in [0.5, 0.6) is 0 Å². The molecule has 0 bridgehead atoms. The quantitative estimate of drug-likeness (QED) is 0.00919. The van der Waals surface area contributed by atoms with Crippen molar-refractivity contribution in [1.29, 1.82) is 0 Å². The minimum Gasteiger partial charge on any atom is -0.507 e. The number of oxime groups is 1. The van der Waals surface area contributed by atoms with Crippen LogP contribution in [0.1, 0.15) is 36.6 Å². The van der Waals surface area contributed by atoms with Gasteiger partial charge in [-0.2, -0.15) is 0 Å². The number of carboxylic acid groups (broad SMARTS) is 1. The molecule has 3 heterocycles. The molecule has 0 saturated heterocycles. The normalized spacial score (nSPS) is 11.7. The summed E-state index contributed by atoms with van der Waals surface area (Å²) in [5, 5.41) is 85.3. The van der Waals surface area contributed by atoms with Gasteiger partial charge in [-0.25, -0.2) is 4.79 Å². The molecule has 1 unspecified atom stereocenters. The van der Waals surface area contributed by atoms with Crippen LogP contribution in [-0.2, 0) is 9.59 Å². The van der Waals surface area contributed by atoms with E-state index in [1.807, 2.05) is 0 Å². The number of nitro benzene ring substituents is 3. The molecule has 0 amide bonds. The second-order valence-corrected chi connectivity index (χ2v) is 21.4. The summed E-state index contributed by atoms with van der Waals surface area (Å²) in [4.78, 5) is 102. The van der Waals surface area contributed by atoms with Gasteiger partial charge in [0, 0.05) is 39.3 Å². The summed E-state index contributed by atoms with van der Waals surface area (Å²) in [6, 6.07) is 20.7. The second kappa shape index (κ2) is 27.3. The van der Waals surface area contributed by atoms with Crippen molar-refractivity contribution in [3.8, 4) is 0 Å². The molecule has 3 aromatic heterocycles. The lowest BCUT2D eigenvalue weighted by atomic mass is 10.1. The molecule has 0 aliphatic rings. The van der Waals surface area contributed by atoms with Gasteiger partial charge in [-0.1, -0.05) is 110 Å². The van der Waals surface area contributed by atoms with Crippen LogP contribution in [0.2, 0.25) is 45.2 Å². The van der Waals surface area contributed by atoms with E-state index in [1.165, 1.54) is 62.4 Å². The van der Waals surface area contributed by atoms with Gasteiger partial charge in [0.15, 0.2) is 0 Å². The Morgan fingerprint density at radius 1 is 0.529 bits per heavy atom. The van der Waals surface area contributed by atoms with Crippen molar-refractivity contribution in [3.05, 3.63) is 220 Å². The lowest BCUT2D eigenvalue weighted by Crippen LogP contribution is -2.19. The number of benzene rings is 6. The van der Waals surface area contributed by atoms with Gasteiger partial charge in [0.2, 0.25) is 16.3 Å². The van der Waals surface area contributed by atoms with Crippen LogP contribution >= 0.6 is 104 Å². The monoisotopic (exact) mass is 1360 g/mol. The number of H-pyrrole nitrogens is 3. The number of aliphatic hydroxyl groups excluding tert-OH is 2. The Bertz CT molecular complexity index is 4650. The van der Waals surface area contributed by atoms with Gasteiger partial charge in [0.25, 0.3) is 22.8 Å². The number of aliphatic hydroxyl groups is 2. The minimum absolute atomic E-state index is 0.0513.